The van der Waals surface area contributed by atoms with Crippen molar-refractivity contribution in [1.29, 1.82) is 0 Å². The number of anilines is 1. The van der Waals surface area contributed by atoms with Crippen LogP contribution in [0.25, 0.3) is 0 Å². The van der Waals surface area contributed by atoms with Gasteiger partial charge in [-0.1, -0.05) is 32.4 Å². The summed E-state index contributed by atoms with van der Waals surface area (Å²) in [4.78, 5) is 18.4. The van der Waals surface area contributed by atoms with E-state index >= 15 is 0 Å². The average Bonchev–Trinajstić information content (AvgIpc) is 2.51. The topological polar surface area (TPSA) is 26.8 Å². The first-order valence-electron chi connectivity index (χ1n) is 8.20. The second-order valence-corrected chi connectivity index (χ2v) is 6.03. The van der Waals surface area contributed by atoms with Gasteiger partial charge in [-0.05, 0) is 37.2 Å². The van der Waals surface area contributed by atoms with Crippen LogP contribution in [0, 0.1) is 0 Å². The number of hydrogen-bond acceptors (Lipinski definition) is 3. The maximum absolute atomic E-state index is 12.3. The van der Waals surface area contributed by atoms with E-state index in [-0.39, 0.29) is 5.91 Å². The molecule has 1 amide bonds. The van der Waals surface area contributed by atoms with E-state index in [1.807, 2.05) is 26.0 Å². The van der Waals surface area contributed by atoms with Crippen LogP contribution in [0.1, 0.15) is 32.3 Å². The van der Waals surface area contributed by atoms with Crippen molar-refractivity contribution in [1.82, 2.24) is 9.80 Å². The minimum Gasteiger partial charge on any atom is -0.378 e. The highest BCUT2D eigenvalue weighted by Gasteiger charge is 2.13. The van der Waals surface area contributed by atoms with Crippen molar-refractivity contribution in [2.45, 2.75) is 33.2 Å². The Morgan fingerprint density at radius 1 is 1.05 bits per heavy atom. The lowest BCUT2D eigenvalue weighted by atomic mass is 10.2. The molecule has 0 aliphatic heterocycles. The molecule has 0 saturated heterocycles. The summed E-state index contributed by atoms with van der Waals surface area (Å²) in [6, 6.07) is 8.36. The summed E-state index contributed by atoms with van der Waals surface area (Å²) in [5.41, 5.74) is 2.34. The lowest BCUT2D eigenvalue weighted by Crippen LogP contribution is -2.38. The van der Waals surface area contributed by atoms with Gasteiger partial charge >= 0.3 is 0 Å². The van der Waals surface area contributed by atoms with Gasteiger partial charge in [-0.25, -0.2) is 0 Å². The molecule has 0 aliphatic rings. The third-order valence-corrected chi connectivity index (χ3v) is 3.93. The Kier molecular flexibility index (Phi) is 7.96. The SMILES string of the molecule is CCCCN(CC)CC(=O)N(C)Cc1ccc(N(C)C)cc1. The molecule has 0 heterocycles. The van der Waals surface area contributed by atoms with Gasteiger partial charge in [-0.15, -0.1) is 0 Å². The van der Waals surface area contributed by atoms with E-state index in [2.05, 4.69) is 47.9 Å². The molecule has 0 radical (unpaired) electrons. The molecule has 4 nitrogen and oxygen atoms in total. The van der Waals surface area contributed by atoms with Crippen LogP contribution in [0.5, 0.6) is 0 Å². The Morgan fingerprint density at radius 3 is 2.18 bits per heavy atom. The summed E-state index contributed by atoms with van der Waals surface area (Å²) < 4.78 is 0. The van der Waals surface area contributed by atoms with Crippen molar-refractivity contribution in [3.63, 3.8) is 0 Å². The van der Waals surface area contributed by atoms with Crippen molar-refractivity contribution in [3.8, 4) is 0 Å². The molecular weight excluding hydrogens is 274 g/mol. The molecule has 0 fully saturated rings. The third kappa shape index (κ3) is 6.06. The summed E-state index contributed by atoms with van der Waals surface area (Å²) in [7, 11) is 5.94. The Morgan fingerprint density at radius 2 is 1.68 bits per heavy atom. The van der Waals surface area contributed by atoms with Gasteiger partial charge in [-0.2, -0.15) is 0 Å². The highest BCUT2D eigenvalue weighted by atomic mass is 16.2. The normalized spacial score (nSPS) is 10.8. The van der Waals surface area contributed by atoms with E-state index in [9.17, 15) is 4.79 Å². The van der Waals surface area contributed by atoms with Gasteiger partial charge in [0.1, 0.15) is 0 Å². The molecule has 0 unspecified atom stereocenters. The minimum atomic E-state index is 0.189. The van der Waals surface area contributed by atoms with E-state index in [0.717, 1.165) is 25.1 Å². The van der Waals surface area contributed by atoms with E-state index in [4.69, 9.17) is 0 Å². The average molecular weight is 305 g/mol. The molecule has 0 aliphatic carbocycles. The number of benzene rings is 1. The van der Waals surface area contributed by atoms with Crippen LogP contribution in [0.2, 0.25) is 0 Å². The molecule has 0 N–H and O–H groups in total. The highest BCUT2D eigenvalue weighted by molar-refractivity contribution is 5.78. The molecule has 0 bridgehead atoms. The van der Waals surface area contributed by atoms with Crippen molar-refractivity contribution < 1.29 is 4.79 Å². The fourth-order valence-corrected chi connectivity index (χ4v) is 2.30. The van der Waals surface area contributed by atoms with Gasteiger partial charge in [-0.3, -0.25) is 9.69 Å². The molecule has 1 rings (SSSR count). The number of likely N-dealkylation sites (N-methyl/N-ethyl adjacent to an activating group) is 2. The summed E-state index contributed by atoms with van der Waals surface area (Å²) >= 11 is 0. The predicted molar refractivity (Wildman–Crippen MR) is 94.3 cm³/mol. The number of hydrogen-bond donors (Lipinski definition) is 0. The van der Waals surface area contributed by atoms with Crippen LogP contribution in [-0.4, -0.2) is 56.5 Å². The molecule has 1 aromatic rings. The Balaban J connectivity index is 2.52. The first-order chi connectivity index (χ1) is 10.5. The summed E-state index contributed by atoms with van der Waals surface area (Å²) in [5.74, 6) is 0.189. The molecule has 0 atom stereocenters. The fraction of sp³-hybridized carbons (Fsp3) is 0.611. The smallest absolute Gasteiger partial charge is 0.236 e. The van der Waals surface area contributed by atoms with Crippen molar-refractivity contribution in [2.75, 3.05) is 45.7 Å². The molecule has 0 aromatic heterocycles. The number of carbonyl (C=O) groups is 1. The van der Waals surface area contributed by atoms with Gasteiger partial charge in [0.25, 0.3) is 0 Å². The third-order valence-electron chi connectivity index (χ3n) is 3.93. The summed E-state index contributed by atoms with van der Waals surface area (Å²) in [5, 5.41) is 0. The van der Waals surface area contributed by atoms with Crippen molar-refractivity contribution in [2.24, 2.45) is 0 Å². The largest absolute Gasteiger partial charge is 0.378 e. The van der Waals surface area contributed by atoms with Crippen LogP contribution >= 0.6 is 0 Å². The number of carbonyl (C=O) groups excluding carboxylic acids is 1. The lowest BCUT2D eigenvalue weighted by molar-refractivity contribution is -0.131. The van der Waals surface area contributed by atoms with Crippen LogP contribution in [0.3, 0.4) is 0 Å². The molecule has 0 spiro atoms. The summed E-state index contributed by atoms with van der Waals surface area (Å²) in [6.45, 7) is 7.41. The number of unbranched alkanes of at least 4 members (excludes halogenated alkanes) is 1. The van der Waals surface area contributed by atoms with Crippen LogP contribution in [0.4, 0.5) is 5.69 Å². The van der Waals surface area contributed by atoms with Crippen molar-refractivity contribution >= 4 is 11.6 Å². The molecular formula is C18H31N3O. The second kappa shape index (κ2) is 9.46. The number of nitrogens with zero attached hydrogens (tertiary/aromatic N) is 3. The molecule has 0 saturated carbocycles. The zero-order valence-electron chi connectivity index (χ0n) is 14.8. The molecule has 4 heteroatoms. The number of rotatable bonds is 9. The first-order valence-corrected chi connectivity index (χ1v) is 8.20. The minimum absolute atomic E-state index is 0.189. The maximum Gasteiger partial charge on any atom is 0.236 e. The zero-order valence-corrected chi connectivity index (χ0v) is 14.8. The maximum atomic E-state index is 12.3. The van der Waals surface area contributed by atoms with Crippen LogP contribution in [-0.2, 0) is 11.3 Å². The predicted octanol–water partition coefficient (Wildman–Crippen LogP) is 2.83. The van der Waals surface area contributed by atoms with Gasteiger partial charge in [0.05, 0.1) is 6.54 Å². The van der Waals surface area contributed by atoms with Gasteiger partial charge in [0, 0.05) is 33.4 Å². The number of amides is 1. The highest BCUT2D eigenvalue weighted by Crippen LogP contribution is 2.13. The zero-order chi connectivity index (χ0) is 16.5. The second-order valence-electron chi connectivity index (χ2n) is 6.03. The van der Waals surface area contributed by atoms with Crippen molar-refractivity contribution in [3.05, 3.63) is 29.8 Å². The molecule has 124 valence electrons. The van der Waals surface area contributed by atoms with Gasteiger partial charge in [0.15, 0.2) is 0 Å². The van der Waals surface area contributed by atoms with Crippen LogP contribution < -0.4 is 4.90 Å². The van der Waals surface area contributed by atoms with E-state index in [1.165, 1.54) is 12.1 Å². The van der Waals surface area contributed by atoms with Crippen LogP contribution in [0.15, 0.2) is 24.3 Å². The summed E-state index contributed by atoms with van der Waals surface area (Å²) in [6.07, 6.45) is 2.32. The Labute approximate surface area is 135 Å². The van der Waals surface area contributed by atoms with Gasteiger partial charge < -0.3 is 9.80 Å². The van der Waals surface area contributed by atoms with Gasteiger partial charge in [0.2, 0.25) is 5.91 Å². The quantitative estimate of drug-likeness (QED) is 0.702. The Hall–Kier alpha value is -1.55. The fourth-order valence-electron chi connectivity index (χ4n) is 2.30. The molecule has 22 heavy (non-hydrogen) atoms. The Bertz CT molecular complexity index is 442. The monoisotopic (exact) mass is 305 g/mol. The molecule has 1 aromatic carbocycles. The van der Waals surface area contributed by atoms with E-state index < -0.39 is 0 Å². The first kappa shape index (κ1) is 18.5. The standard InChI is InChI=1S/C18H31N3O/c1-6-8-13-21(7-2)15-18(22)20(5)14-16-9-11-17(12-10-16)19(3)4/h9-12H,6-8,13-15H2,1-5H3. The van der Waals surface area contributed by atoms with E-state index in [0.29, 0.717) is 13.1 Å². The lowest BCUT2D eigenvalue weighted by Gasteiger charge is -2.24. The van der Waals surface area contributed by atoms with E-state index in [1.54, 1.807) is 0 Å².